The lowest BCUT2D eigenvalue weighted by Gasteiger charge is -2.18. The fraction of sp³-hybridized carbons (Fsp3) is 0.562. The molecule has 2 N–H and O–H groups in total. The van der Waals surface area contributed by atoms with Crippen LogP contribution >= 0.6 is 11.6 Å². The van der Waals surface area contributed by atoms with Crippen LogP contribution in [0.2, 0.25) is 5.02 Å². The van der Waals surface area contributed by atoms with Gasteiger partial charge in [-0.05, 0) is 38.5 Å². The van der Waals surface area contributed by atoms with Crippen LogP contribution in [0.15, 0.2) is 18.2 Å². The molecule has 0 radical (unpaired) electrons. The van der Waals surface area contributed by atoms with E-state index in [0.29, 0.717) is 22.9 Å². The highest BCUT2D eigenvalue weighted by Gasteiger charge is 2.17. The molecule has 0 saturated carbocycles. The molecule has 4 nitrogen and oxygen atoms in total. The summed E-state index contributed by atoms with van der Waals surface area (Å²) in [4.78, 5) is 11.9. The summed E-state index contributed by atoms with van der Waals surface area (Å²) in [5, 5.41) is 13.1. The highest BCUT2D eigenvalue weighted by Crippen LogP contribution is 2.29. The number of amides is 1. The van der Waals surface area contributed by atoms with Gasteiger partial charge in [-0.2, -0.15) is 0 Å². The van der Waals surface area contributed by atoms with E-state index in [9.17, 15) is 9.90 Å². The summed E-state index contributed by atoms with van der Waals surface area (Å²) >= 11 is 5.91. The molecule has 0 aromatic heterocycles. The van der Waals surface area contributed by atoms with Gasteiger partial charge in [-0.15, -0.1) is 0 Å². The molecule has 118 valence electrons. The van der Waals surface area contributed by atoms with Crippen LogP contribution in [0.3, 0.4) is 0 Å². The lowest BCUT2D eigenvalue weighted by Crippen LogP contribution is -2.37. The Morgan fingerprint density at radius 1 is 1.38 bits per heavy atom. The van der Waals surface area contributed by atoms with Crippen LogP contribution in [-0.4, -0.2) is 23.7 Å². The van der Waals surface area contributed by atoms with Crippen molar-refractivity contribution in [3.05, 3.63) is 28.8 Å². The van der Waals surface area contributed by atoms with Crippen molar-refractivity contribution in [2.45, 2.75) is 52.2 Å². The van der Waals surface area contributed by atoms with E-state index in [0.717, 1.165) is 19.3 Å². The average molecular weight is 314 g/mol. The SMILES string of the molecule is CCCCCNC(=O)C(C)Oc1ccc(Cl)cc1[C@H](C)O. The second kappa shape index (κ2) is 8.90. The number of halogens is 1. The van der Waals surface area contributed by atoms with E-state index >= 15 is 0 Å². The van der Waals surface area contributed by atoms with Gasteiger partial charge in [-0.25, -0.2) is 0 Å². The average Bonchev–Trinajstić information content (AvgIpc) is 2.44. The zero-order chi connectivity index (χ0) is 15.8. The first-order valence-electron chi connectivity index (χ1n) is 7.37. The Kier molecular flexibility index (Phi) is 7.54. The molecule has 0 aliphatic rings. The van der Waals surface area contributed by atoms with Crippen LogP contribution in [0.5, 0.6) is 5.75 Å². The van der Waals surface area contributed by atoms with Gasteiger partial charge in [0.05, 0.1) is 6.10 Å². The highest BCUT2D eigenvalue weighted by atomic mass is 35.5. The number of ether oxygens (including phenoxy) is 1. The number of aliphatic hydroxyl groups excluding tert-OH is 1. The largest absolute Gasteiger partial charge is 0.481 e. The van der Waals surface area contributed by atoms with Gasteiger partial charge in [-0.3, -0.25) is 4.79 Å². The maximum Gasteiger partial charge on any atom is 0.260 e. The number of carbonyl (C=O) groups excluding carboxylic acids is 1. The van der Waals surface area contributed by atoms with Gasteiger partial charge >= 0.3 is 0 Å². The summed E-state index contributed by atoms with van der Waals surface area (Å²) in [7, 11) is 0. The number of unbranched alkanes of at least 4 members (excludes halogenated alkanes) is 2. The number of carbonyl (C=O) groups is 1. The van der Waals surface area contributed by atoms with E-state index in [1.807, 2.05) is 0 Å². The molecule has 0 fully saturated rings. The molecule has 0 bridgehead atoms. The summed E-state index contributed by atoms with van der Waals surface area (Å²) in [5.74, 6) is 0.322. The number of rotatable bonds is 8. The van der Waals surface area contributed by atoms with E-state index in [-0.39, 0.29) is 5.91 Å². The van der Waals surface area contributed by atoms with Gasteiger partial charge in [0.1, 0.15) is 5.75 Å². The van der Waals surface area contributed by atoms with Crippen LogP contribution in [0.25, 0.3) is 0 Å². The third-order valence-corrected chi connectivity index (χ3v) is 3.41. The zero-order valence-corrected chi connectivity index (χ0v) is 13.6. The van der Waals surface area contributed by atoms with E-state index in [1.54, 1.807) is 32.0 Å². The summed E-state index contributed by atoms with van der Waals surface area (Å²) in [5.41, 5.74) is 0.577. The molecule has 1 aromatic carbocycles. The molecule has 1 unspecified atom stereocenters. The maximum atomic E-state index is 11.9. The predicted octanol–water partition coefficient (Wildman–Crippen LogP) is 3.47. The second-order valence-corrected chi connectivity index (χ2v) is 5.55. The van der Waals surface area contributed by atoms with E-state index in [1.165, 1.54) is 0 Å². The number of aliphatic hydroxyl groups is 1. The topological polar surface area (TPSA) is 58.6 Å². The Morgan fingerprint density at radius 3 is 2.71 bits per heavy atom. The summed E-state index contributed by atoms with van der Waals surface area (Å²) in [6.45, 7) is 6.10. The Balaban J connectivity index is 2.61. The van der Waals surface area contributed by atoms with Crippen molar-refractivity contribution in [2.24, 2.45) is 0 Å². The molecule has 1 rings (SSSR count). The monoisotopic (exact) mass is 313 g/mol. The summed E-state index contributed by atoms with van der Waals surface area (Å²) in [6, 6.07) is 4.99. The minimum atomic E-state index is -0.710. The van der Waals surface area contributed by atoms with Crippen LogP contribution < -0.4 is 10.1 Å². The fourth-order valence-corrected chi connectivity index (χ4v) is 2.11. The molecule has 1 aromatic rings. The molecular formula is C16H24ClNO3. The number of benzene rings is 1. The molecule has 21 heavy (non-hydrogen) atoms. The van der Waals surface area contributed by atoms with E-state index in [2.05, 4.69) is 12.2 Å². The minimum absolute atomic E-state index is 0.155. The molecule has 5 heteroatoms. The van der Waals surface area contributed by atoms with Crippen molar-refractivity contribution < 1.29 is 14.6 Å². The van der Waals surface area contributed by atoms with Gasteiger partial charge in [0.25, 0.3) is 5.91 Å². The lowest BCUT2D eigenvalue weighted by atomic mass is 10.1. The molecule has 2 atom stereocenters. The first-order valence-corrected chi connectivity index (χ1v) is 7.75. The van der Waals surface area contributed by atoms with Gasteiger partial charge in [-0.1, -0.05) is 31.4 Å². The van der Waals surface area contributed by atoms with Crippen molar-refractivity contribution in [1.29, 1.82) is 0 Å². The number of hydrogen-bond acceptors (Lipinski definition) is 3. The summed E-state index contributed by atoms with van der Waals surface area (Å²) in [6.07, 6.45) is 1.85. The zero-order valence-electron chi connectivity index (χ0n) is 12.9. The van der Waals surface area contributed by atoms with Gasteiger partial charge < -0.3 is 15.2 Å². The second-order valence-electron chi connectivity index (χ2n) is 5.12. The van der Waals surface area contributed by atoms with Gasteiger partial charge in [0, 0.05) is 17.1 Å². The van der Waals surface area contributed by atoms with Gasteiger partial charge in [0.15, 0.2) is 6.10 Å². The van der Waals surface area contributed by atoms with E-state index in [4.69, 9.17) is 16.3 Å². The maximum absolute atomic E-state index is 11.9. The Labute approximate surface area is 131 Å². The Morgan fingerprint density at radius 2 is 2.10 bits per heavy atom. The van der Waals surface area contributed by atoms with Crippen LogP contribution in [0.4, 0.5) is 0 Å². The normalized spacial score (nSPS) is 13.6. The summed E-state index contributed by atoms with van der Waals surface area (Å²) < 4.78 is 5.65. The van der Waals surface area contributed by atoms with Crippen molar-refractivity contribution in [3.63, 3.8) is 0 Å². The molecule has 0 saturated heterocycles. The van der Waals surface area contributed by atoms with E-state index < -0.39 is 12.2 Å². The highest BCUT2D eigenvalue weighted by molar-refractivity contribution is 6.30. The Bertz CT molecular complexity index is 463. The molecule has 0 spiro atoms. The lowest BCUT2D eigenvalue weighted by molar-refractivity contribution is -0.127. The first kappa shape index (κ1) is 17.8. The quantitative estimate of drug-likeness (QED) is 0.723. The standard InChI is InChI=1S/C16H24ClNO3/c1-4-5-6-9-18-16(20)12(3)21-15-8-7-13(17)10-14(15)11(2)19/h7-8,10-12,19H,4-6,9H2,1-3H3,(H,18,20)/t11-,12?/m0/s1. The van der Waals surface area contributed by atoms with Crippen molar-refractivity contribution in [1.82, 2.24) is 5.32 Å². The smallest absolute Gasteiger partial charge is 0.260 e. The Hall–Kier alpha value is -1.26. The minimum Gasteiger partial charge on any atom is -0.481 e. The van der Waals surface area contributed by atoms with Crippen LogP contribution in [-0.2, 0) is 4.79 Å². The van der Waals surface area contributed by atoms with Crippen LogP contribution in [0, 0.1) is 0 Å². The molecular weight excluding hydrogens is 290 g/mol. The van der Waals surface area contributed by atoms with Crippen molar-refractivity contribution in [3.8, 4) is 5.75 Å². The third kappa shape index (κ3) is 5.94. The molecule has 1 amide bonds. The third-order valence-electron chi connectivity index (χ3n) is 3.17. The molecule has 0 aliphatic carbocycles. The fourth-order valence-electron chi connectivity index (χ4n) is 1.93. The predicted molar refractivity (Wildman–Crippen MR) is 84.7 cm³/mol. The van der Waals surface area contributed by atoms with Crippen LogP contribution in [0.1, 0.15) is 51.7 Å². The van der Waals surface area contributed by atoms with Crippen molar-refractivity contribution in [2.75, 3.05) is 6.54 Å². The molecule has 0 heterocycles. The van der Waals surface area contributed by atoms with Crippen molar-refractivity contribution >= 4 is 17.5 Å². The van der Waals surface area contributed by atoms with Gasteiger partial charge in [0.2, 0.25) is 0 Å². The number of nitrogens with one attached hydrogen (secondary N) is 1. The number of hydrogen-bond donors (Lipinski definition) is 2. The first-order chi connectivity index (χ1) is 9.95. The molecule has 0 aliphatic heterocycles.